The fourth-order valence-corrected chi connectivity index (χ4v) is 3.82. The Bertz CT molecular complexity index is 1180. The van der Waals surface area contributed by atoms with Gasteiger partial charge in [-0.05, 0) is 18.2 Å². The maximum absolute atomic E-state index is 11.1. The van der Waals surface area contributed by atoms with Crippen molar-refractivity contribution in [2.75, 3.05) is 0 Å². The van der Waals surface area contributed by atoms with Crippen LogP contribution in [0.5, 0.6) is 0 Å². The standard InChI is InChI=1S/C10H8O6S2.C6H4ClN2/c11-17(12,13)9-5-1-3-7-8(9)4-2-6-10(7)18(14,15)16;7-5-2-1-3-6(4-5)9-8/h1-6H,(H,11,12,13)(H,14,15,16);1-4H/q;+1/p-1. The van der Waals surface area contributed by atoms with Gasteiger partial charge >= 0.3 is 5.69 Å². The molecule has 8 nitrogen and oxygen atoms in total. The lowest BCUT2D eigenvalue weighted by atomic mass is 10.1. The molecule has 0 saturated carbocycles. The zero-order valence-electron chi connectivity index (χ0n) is 13.4. The molecular weight excluding hydrogens is 416 g/mol. The molecule has 0 aliphatic heterocycles. The normalized spacial score (nSPS) is 11.3. The van der Waals surface area contributed by atoms with Gasteiger partial charge in [0.2, 0.25) is 5.39 Å². The van der Waals surface area contributed by atoms with Crippen LogP contribution in [0.3, 0.4) is 0 Å². The van der Waals surface area contributed by atoms with Gasteiger partial charge in [-0.25, -0.2) is 8.42 Å². The highest BCUT2D eigenvalue weighted by Crippen LogP contribution is 2.27. The van der Waals surface area contributed by atoms with Crippen molar-refractivity contribution in [1.29, 1.82) is 5.39 Å². The molecule has 0 aliphatic rings. The Hall–Kier alpha value is -2.55. The molecule has 3 aromatic rings. The zero-order chi connectivity index (χ0) is 20.2. The van der Waals surface area contributed by atoms with Crippen LogP contribution in [0.1, 0.15) is 0 Å². The highest BCUT2D eigenvalue weighted by Gasteiger charge is 2.16. The average molecular weight is 427 g/mol. The van der Waals surface area contributed by atoms with E-state index in [-0.39, 0.29) is 10.8 Å². The highest BCUT2D eigenvalue weighted by atomic mass is 35.5. The molecule has 3 rings (SSSR count). The SMILES string of the molecule is N#[N+]c1cccc(Cl)c1.O=S(=O)([O-])c1cccc2c(S(=O)(=O)O)cccc12. The van der Waals surface area contributed by atoms with Crippen molar-refractivity contribution in [3.8, 4) is 0 Å². The van der Waals surface area contributed by atoms with Crippen LogP contribution >= 0.6 is 11.6 Å². The Morgan fingerprint density at radius 3 is 1.85 bits per heavy atom. The molecule has 0 heterocycles. The first-order chi connectivity index (χ1) is 12.5. The minimum absolute atomic E-state index is 0.0167. The zero-order valence-corrected chi connectivity index (χ0v) is 15.7. The third kappa shape index (κ3) is 5.22. The summed E-state index contributed by atoms with van der Waals surface area (Å²) < 4.78 is 64.4. The van der Waals surface area contributed by atoms with Crippen molar-refractivity contribution < 1.29 is 25.9 Å². The van der Waals surface area contributed by atoms with Gasteiger partial charge in [0.05, 0.1) is 11.0 Å². The predicted molar refractivity (Wildman–Crippen MR) is 97.9 cm³/mol. The van der Waals surface area contributed by atoms with E-state index in [0.29, 0.717) is 10.7 Å². The number of benzene rings is 3. The van der Waals surface area contributed by atoms with Gasteiger partial charge in [0.1, 0.15) is 15.0 Å². The maximum atomic E-state index is 11.1. The molecule has 3 aromatic carbocycles. The monoisotopic (exact) mass is 426 g/mol. The van der Waals surface area contributed by atoms with E-state index < -0.39 is 30.0 Å². The van der Waals surface area contributed by atoms with Crippen LogP contribution < -0.4 is 0 Å². The van der Waals surface area contributed by atoms with E-state index in [1.54, 1.807) is 24.3 Å². The highest BCUT2D eigenvalue weighted by molar-refractivity contribution is 7.86. The molecule has 0 unspecified atom stereocenters. The summed E-state index contributed by atoms with van der Waals surface area (Å²) in [6, 6.07) is 14.0. The molecular formula is C16H11ClN2O6S2. The van der Waals surface area contributed by atoms with Gasteiger partial charge in [-0.2, -0.15) is 8.42 Å². The van der Waals surface area contributed by atoms with E-state index in [4.69, 9.17) is 21.5 Å². The molecule has 0 radical (unpaired) electrons. The Kier molecular flexibility index (Phi) is 6.15. The van der Waals surface area contributed by atoms with E-state index >= 15 is 0 Å². The van der Waals surface area contributed by atoms with Gasteiger partial charge in [-0.3, -0.25) is 4.55 Å². The van der Waals surface area contributed by atoms with E-state index in [1.807, 2.05) is 0 Å². The topological polar surface area (TPSA) is 140 Å². The molecule has 140 valence electrons. The summed E-state index contributed by atoms with van der Waals surface area (Å²) in [7, 11) is -9.21. The van der Waals surface area contributed by atoms with Crippen molar-refractivity contribution >= 4 is 48.3 Å². The fraction of sp³-hybridized carbons (Fsp3) is 0. The summed E-state index contributed by atoms with van der Waals surface area (Å²) in [6.45, 7) is 0. The number of hydrogen-bond donors (Lipinski definition) is 1. The second-order valence-corrected chi connectivity index (χ2v) is 8.29. The van der Waals surface area contributed by atoms with Crippen molar-refractivity contribution in [2.24, 2.45) is 0 Å². The number of rotatable bonds is 2. The van der Waals surface area contributed by atoms with Crippen molar-refractivity contribution in [3.05, 3.63) is 70.7 Å². The Balaban J connectivity index is 0.000000244. The lowest BCUT2D eigenvalue weighted by Gasteiger charge is -2.11. The first-order valence-corrected chi connectivity index (χ1v) is 10.3. The molecule has 27 heavy (non-hydrogen) atoms. The Labute approximate surface area is 160 Å². The number of diazo groups is 1. The summed E-state index contributed by atoms with van der Waals surface area (Å²) in [4.78, 5) is 1.98. The number of nitrogens with zero attached hydrogens (tertiary/aromatic N) is 2. The molecule has 0 amide bonds. The molecule has 0 saturated heterocycles. The third-order valence-corrected chi connectivity index (χ3v) is 5.35. The predicted octanol–water partition coefficient (Wildman–Crippen LogP) is 3.82. The summed E-state index contributed by atoms with van der Waals surface area (Å²) in [5.74, 6) is 0. The first-order valence-electron chi connectivity index (χ1n) is 7.10. The number of halogens is 1. The lowest BCUT2D eigenvalue weighted by molar-refractivity contribution is 0.463. The van der Waals surface area contributed by atoms with Crippen LogP contribution in [0.15, 0.2) is 70.5 Å². The van der Waals surface area contributed by atoms with E-state index in [0.717, 1.165) is 12.1 Å². The van der Waals surface area contributed by atoms with Gasteiger partial charge in [0.25, 0.3) is 10.1 Å². The second-order valence-electron chi connectivity index (χ2n) is 5.12. The molecule has 0 atom stereocenters. The molecule has 0 aliphatic carbocycles. The Morgan fingerprint density at radius 1 is 0.889 bits per heavy atom. The van der Waals surface area contributed by atoms with Gasteiger partial charge in [-0.1, -0.05) is 41.9 Å². The van der Waals surface area contributed by atoms with E-state index in [9.17, 15) is 21.4 Å². The van der Waals surface area contributed by atoms with Gasteiger partial charge in [0.15, 0.2) is 4.98 Å². The third-order valence-electron chi connectivity index (χ3n) is 3.31. The second kappa shape index (κ2) is 7.99. The van der Waals surface area contributed by atoms with Crippen LogP contribution in [0.4, 0.5) is 5.69 Å². The van der Waals surface area contributed by atoms with E-state index in [1.165, 1.54) is 24.3 Å². The number of hydrogen-bond acceptors (Lipinski definition) is 6. The summed E-state index contributed by atoms with van der Waals surface area (Å²) in [5, 5.41) is 8.75. The van der Waals surface area contributed by atoms with Crippen LogP contribution in [-0.2, 0) is 20.2 Å². The molecule has 11 heteroatoms. The van der Waals surface area contributed by atoms with Gasteiger partial charge in [-0.15, -0.1) is 0 Å². The summed E-state index contributed by atoms with van der Waals surface area (Å²) in [5.41, 5.74) is 0.475. The molecule has 0 bridgehead atoms. The molecule has 0 fully saturated rings. The first kappa shape index (κ1) is 20.8. The fourth-order valence-electron chi connectivity index (χ4n) is 2.23. The summed E-state index contributed by atoms with van der Waals surface area (Å²) in [6.07, 6.45) is 0. The van der Waals surface area contributed by atoms with Crippen LogP contribution in [0.25, 0.3) is 15.7 Å². The molecule has 1 N–H and O–H groups in total. The molecule has 0 aromatic heterocycles. The number of fused-ring (bicyclic) bond motifs is 1. The van der Waals surface area contributed by atoms with Crippen molar-refractivity contribution in [3.63, 3.8) is 0 Å². The van der Waals surface area contributed by atoms with Crippen LogP contribution in [-0.4, -0.2) is 25.9 Å². The van der Waals surface area contributed by atoms with Crippen LogP contribution in [0, 0.1) is 5.39 Å². The van der Waals surface area contributed by atoms with Gasteiger partial charge in [0, 0.05) is 21.9 Å². The maximum Gasteiger partial charge on any atom is 0.386 e. The lowest BCUT2D eigenvalue weighted by Crippen LogP contribution is -2.02. The quantitative estimate of drug-likeness (QED) is 0.485. The summed E-state index contributed by atoms with van der Waals surface area (Å²) >= 11 is 5.55. The van der Waals surface area contributed by atoms with E-state index in [2.05, 4.69) is 4.98 Å². The minimum Gasteiger partial charge on any atom is -0.744 e. The smallest absolute Gasteiger partial charge is 0.386 e. The largest absolute Gasteiger partial charge is 0.744 e. The van der Waals surface area contributed by atoms with Crippen molar-refractivity contribution in [2.45, 2.75) is 9.79 Å². The Morgan fingerprint density at radius 2 is 1.41 bits per heavy atom. The van der Waals surface area contributed by atoms with Crippen LogP contribution in [0.2, 0.25) is 5.02 Å². The average Bonchev–Trinajstić information content (AvgIpc) is 2.59. The molecule has 0 spiro atoms. The van der Waals surface area contributed by atoms with Gasteiger partial charge < -0.3 is 4.55 Å². The minimum atomic E-state index is -4.72. The van der Waals surface area contributed by atoms with Crippen molar-refractivity contribution in [1.82, 2.24) is 0 Å².